The summed E-state index contributed by atoms with van der Waals surface area (Å²) in [7, 11) is 0. The minimum absolute atomic E-state index is 0.0207. The van der Waals surface area contributed by atoms with Crippen LogP contribution < -0.4 is 10.7 Å². The Morgan fingerprint density at radius 3 is 2.84 bits per heavy atom. The summed E-state index contributed by atoms with van der Waals surface area (Å²) in [4.78, 5) is 26.1. The van der Waals surface area contributed by atoms with E-state index >= 15 is 0 Å². The number of amides is 1. The van der Waals surface area contributed by atoms with Crippen LogP contribution >= 0.6 is 0 Å². The summed E-state index contributed by atoms with van der Waals surface area (Å²) in [5, 5.41) is 12.8. The summed E-state index contributed by atoms with van der Waals surface area (Å²) in [6.07, 6.45) is 5.86. The Morgan fingerprint density at radius 2 is 2.10 bits per heavy atom. The van der Waals surface area contributed by atoms with E-state index in [9.17, 15) is 14.7 Å². The van der Waals surface area contributed by atoms with Crippen molar-refractivity contribution in [3.63, 3.8) is 0 Å². The second kappa shape index (κ2) is 9.66. The third-order valence-electron chi connectivity index (χ3n) is 5.95. The summed E-state index contributed by atoms with van der Waals surface area (Å²) >= 11 is 0. The van der Waals surface area contributed by atoms with E-state index in [0.29, 0.717) is 48.4 Å². The molecule has 1 aliphatic carbocycles. The maximum absolute atomic E-state index is 13.3. The van der Waals surface area contributed by atoms with Gasteiger partial charge in [0.2, 0.25) is 6.29 Å². The standard InChI is InChI=1S/C24H29NO6/c1-2-29-24-16(7-5-11-26)18(12-21(31-24)23(28)25-13-15-9-10-15)19-14-30-20-8-4-3-6-17(20)22(19)27/h3-4,6,8,12,14-16,18,24,26H,2,5,7,9-11,13H2,1H3,(H,25,28)/t16-,18+,24-/m0/s1. The van der Waals surface area contributed by atoms with Crippen molar-refractivity contribution in [2.45, 2.75) is 44.8 Å². The van der Waals surface area contributed by atoms with Crippen LogP contribution in [0.3, 0.4) is 0 Å². The molecule has 1 aromatic heterocycles. The van der Waals surface area contributed by atoms with Gasteiger partial charge in [-0.1, -0.05) is 12.1 Å². The number of allylic oxidation sites excluding steroid dienone is 1. The predicted octanol–water partition coefficient (Wildman–Crippen LogP) is 3.07. The summed E-state index contributed by atoms with van der Waals surface area (Å²) in [6.45, 7) is 2.90. The molecule has 2 aromatic rings. The van der Waals surface area contributed by atoms with E-state index in [2.05, 4.69) is 5.32 Å². The molecule has 0 unspecified atom stereocenters. The van der Waals surface area contributed by atoms with Gasteiger partial charge < -0.3 is 24.3 Å². The van der Waals surface area contributed by atoms with Crippen molar-refractivity contribution in [1.29, 1.82) is 0 Å². The molecule has 31 heavy (non-hydrogen) atoms. The van der Waals surface area contributed by atoms with Gasteiger partial charge >= 0.3 is 0 Å². The van der Waals surface area contributed by atoms with E-state index in [1.807, 2.05) is 13.0 Å². The van der Waals surface area contributed by atoms with Gasteiger partial charge in [-0.3, -0.25) is 9.59 Å². The number of fused-ring (bicyclic) bond motifs is 1. The Morgan fingerprint density at radius 1 is 1.29 bits per heavy atom. The first-order valence-electron chi connectivity index (χ1n) is 11.0. The van der Waals surface area contributed by atoms with Gasteiger partial charge in [-0.15, -0.1) is 0 Å². The predicted molar refractivity (Wildman–Crippen MR) is 115 cm³/mol. The molecule has 2 N–H and O–H groups in total. The van der Waals surface area contributed by atoms with Crippen molar-refractivity contribution < 1.29 is 23.8 Å². The molecule has 0 radical (unpaired) electrons. The molecule has 2 aliphatic rings. The van der Waals surface area contributed by atoms with E-state index in [-0.39, 0.29) is 29.6 Å². The average Bonchev–Trinajstić information content (AvgIpc) is 3.61. The number of para-hydroxylation sites is 1. The summed E-state index contributed by atoms with van der Waals surface area (Å²) in [5.74, 6) is -0.267. The zero-order chi connectivity index (χ0) is 21.8. The number of nitrogens with one attached hydrogen (secondary N) is 1. The Labute approximate surface area is 181 Å². The van der Waals surface area contributed by atoms with E-state index < -0.39 is 12.2 Å². The fourth-order valence-electron chi connectivity index (χ4n) is 4.09. The van der Waals surface area contributed by atoms with Crippen molar-refractivity contribution in [1.82, 2.24) is 5.32 Å². The van der Waals surface area contributed by atoms with Gasteiger partial charge in [0.25, 0.3) is 5.91 Å². The van der Waals surface area contributed by atoms with Crippen LogP contribution in [0.1, 0.15) is 44.1 Å². The topological polar surface area (TPSA) is 98.0 Å². The highest BCUT2D eigenvalue weighted by molar-refractivity contribution is 5.91. The lowest BCUT2D eigenvalue weighted by molar-refractivity contribution is -0.166. The van der Waals surface area contributed by atoms with Crippen molar-refractivity contribution in [3.05, 3.63) is 58.2 Å². The summed E-state index contributed by atoms with van der Waals surface area (Å²) < 4.78 is 17.5. The zero-order valence-corrected chi connectivity index (χ0v) is 17.7. The van der Waals surface area contributed by atoms with Crippen LogP contribution in [0.2, 0.25) is 0 Å². The molecule has 166 valence electrons. The monoisotopic (exact) mass is 427 g/mol. The molecule has 7 heteroatoms. The van der Waals surface area contributed by atoms with Crippen molar-refractivity contribution in [2.75, 3.05) is 19.8 Å². The Bertz CT molecular complexity index is 1010. The highest BCUT2D eigenvalue weighted by Gasteiger charge is 2.39. The van der Waals surface area contributed by atoms with Gasteiger partial charge in [0.1, 0.15) is 5.58 Å². The van der Waals surface area contributed by atoms with Crippen molar-refractivity contribution in [3.8, 4) is 0 Å². The first-order valence-corrected chi connectivity index (χ1v) is 11.0. The lowest BCUT2D eigenvalue weighted by atomic mass is 9.81. The molecule has 1 saturated carbocycles. The molecule has 1 aliphatic heterocycles. The Hall–Kier alpha value is -2.64. The summed E-state index contributed by atoms with van der Waals surface area (Å²) in [5.41, 5.74) is 0.845. The average molecular weight is 427 g/mol. The number of hydrogen-bond donors (Lipinski definition) is 2. The molecular formula is C24H29NO6. The molecular weight excluding hydrogens is 398 g/mol. The number of rotatable bonds is 9. The largest absolute Gasteiger partial charge is 0.464 e. The lowest BCUT2D eigenvalue weighted by Crippen LogP contribution is -2.40. The molecule has 1 aromatic carbocycles. The quantitative estimate of drug-likeness (QED) is 0.638. The van der Waals surface area contributed by atoms with Crippen molar-refractivity contribution in [2.24, 2.45) is 11.8 Å². The second-order valence-corrected chi connectivity index (χ2v) is 8.20. The zero-order valence-electron chi connectivity index (χ0n) is 17.7. The van der Waals surface area contributed by atoms with Gasteiger partial charge in [-0.2, -0.15) is 0 Å². The molecule has 1 amide bonds. The number of ether oxygens (including phenoxy) is 2. The normalized spacial score (nSPS) is 23.3. The highest BCUT2D eigenvalue weighted by atomic mass is 16.7. The van der Waals surface area contributed by atoms with Crippen LogP contribution in [-0.2, 0) is 14.3 Å². The molecule has 1 fully saturated rings. The first kappa shape index (κ1) is 21.6. The minimum atomic E-state index is -0.695. The van der Waals surface area contributed by atoms with E-state index in [1.165, 1.54) is 6.26 Å². The molecule has 0 saturated heterocycles. The fraction of sp³-hybridized carbons (Fsp3) is 0.500. The Kier molecular flexibility index (Phi) is 6.73. The smallest absolute Gasteiger partial charge is 0.286 e. The summed E-state index contributed by atoms with van der Waals surface area (Å²) in [6, 6.07) is 7.10. The van der Waals surface area contributed by atoms with Crippen molar-refractivity contribution >= 4 is 16.9 Å². The van der Waals surface area contributed by atoms with Crippen LogP contribution in [0.5, 0.6) is 0 Å². The fourth-order valence-corrected chi connectivity index (χ4v) is 4.09. The van der Waals surface area contributed by atoms with Gasteiger partial charge in [0.15, 0.2) is 11.2 Å². The van der Waals surface area contributed by atoms with Gasteiger partial charge in [0, 0.05) is 37.2 Å². The number of benzene rings is 1. The minimum Gasteiger partial charge on any atom is -0.464 e. The number of aliphatic hydroxyl groups is 1. The van der Waals surface area contributed by atoms with Gasteiger partial charge in [-0.25, -0.2) is 0 Å². The maximum atomic E-state index is 13.3. The van der Waals surface area contributed by atoms with Gasteiger partial charge in [-0.05, 0) is 56.7 Å². The highest BCUT2D eigenvalue weighted by Crippen LogP contribution is 2.39. The van der Waals surface area contributed by atoms with E-state index in [0.717, 1.165) is 12.8 Å². The van der Waals surface area contributed by atoms with E-state index in [1.54, 1.807) is 24.3 Å². The molecule has 2 heterocycles. The lowest BCUT2D eigenvalue weighted by Gasteiger charge is -2.36. The first-order chi connectivity index (χ1) is 15.1. The number of carbonyl (C=O) groups is 1. The SMILES string of the molecule is CCO[C@H]1OC(C(=O)NCC2CC2)=C[C@@H](c2coc3ccccc3c2=O)[C@@H]1CCCO. The van der Waals surface area contributed by atoms with Crippen LogP contribution in [0.4, 0.5) is 0 Å². The number of hydrogen-bond acceptors (Lipinski definition) is 6. The molecule has 3 atom stereocenters. The molecule has 4 rings (SSSR count). The number of aliphatic hydroxyl groups excluding tert-OH is 1. The third-order valence-corrected chi connectivity index (χ3v) is 5.95. The van der Waals surface area contributed by atoms with Crippen LogP contribution in [0.25, 0.3) is 11.0 Å². The molecule has 0 spiro atoms. The maximum Gasteiger partial charge on any atom is 0.286 e. The van der Waals surface area contributed by atoms with Crippen LogP contribution in [0, 0.1) is 11.8 Å². The second-order valence-electron chi connectivity index (χ2n) is 8.20. The number of carbonyl (C=O) groups excluding carboxylic acids is 1. The van der Waals surface area contributed by atoms with Crippen LogP contribution in [-0.4, -0.2) is 37.1 Å². The Balaban J connectivity index is 1.73. The van der Waals surface area contributed by atoms with E-state index in [4.69, 9.17) is 13.9 Å². The van der Waals surface area contributed by atoms with Gasteiger partial charge in [0.05, 0.1) is 11.6 Å². The van der Waals surface area contributed by atoms with Crippen LogP contribution in [0.15, 0.2) is 51.6 Å². The third kappa shape index (κ3) is 4.83. The molecule has 7 nitrogen and oxygen atoms in total. The molecule has 0 bridgehead atoms.